The summed E-state index contributed by atoms with van der Waals surface area (Å²) in [6, 6.07) is 0. The number of allylic oxidation sites excluding steroid dienone is 5. The van der Waals surface area contributed by atoms with Gasteiger partial charge in [-0.05, 0) is 19.3 Å². The van der Waals surface area contributed by atoms with E-state index in [1.165, 1.54) is 19.3 Å². The van der Waals surface area contributed by atoms with Crippen molar-refractivity contribution in [2.45, 2.75) is 64.1 Å². The Morgan fingerprint density at radius 3 is 2.24 bits per heavy atom. The number of carboxylic acids is 1. The van der Waals surface area contributed by atoms with Crippen LogP contribution in [0, 0.1) is 0 Å². The molecule has 4 nitrogen and oxygen atoms in total. The van der Waals surface area contributed by atoms with Crippen LogP contribution in [0.3, 0.4) is 0 Å². The predicted molar refractivity (Wildman–Crippen MR) is 107 cm³/mol. The minimum Gasteiger partial charge on any atom is -0.481 e. The molecule has 0 aromatic heterocycles. The van der Waals surface area contributed by atoms with E-state index >= 15 is 0 Å². The summed E-state index contributed by atoms with van der Waals surface area (Å²) in [5, 5.41) is 28.0. The van der Waals surface area contributed by atoms with E-state index in [2.05, 4.69) is 13.0 Å². The molecule has 5 heteroatoms. The van der Waals surface area contributed by atoms with Crippen LogP contribution in [-0.4, -0.2) is 38.4 Å². The molecule has 0 heterocycles. The smallest absolute Gasteiger partial charge is 0.308 e. The number of rotatable bonds is 14. The fourth-order valence-electron chi connectivity index (χ4n) is 2.00. The van der Waals surface area contributed by atoms with Crippen LogP contribution in [0.2, 0.25) is 0 Å². The molecular weight excluding hydrogens is 336 g/mol. The maximum absolute atomic E-state index is 10.5. The Kier molecular flexibility index (Phi) is 14.9. The Hall–Kier alpha value is -1.56. The number of carboxylic acid groups (broad SMARTS) is 1. The number of unbranched alkanes of at least 4 members (excludes halogenated alkanes) is 3. The monoisotopic (exact) mass is 366 g/mol. The molecule has 0 aromatic rings. The van der Waals surface area contributed by atoms with Crippen molar-refractivity contribution >= 4 is 23.1 Å². The Morgan fingerprint density at radius 1 is 1.00 bits per heavy atom. The molecule has 0 unspecified atom stereocenters. The second-order valence-electron chi connectivity index (χ2n) is 5.81. The van der Waals surface area contributed by atoms with Gasteiger partial charge in [0.1, 0.15) is 0 Å². The van der Waals surface area contributed by atoms with Gasteiger partial charge in [-0.25, -0.2) is 0 Å². The maximum Gasteiger partial charge on any atom is 0.308 e. The Labute approximate surface area is 156 Å². The van der Waals surface area contributed by atoms with Gasteiger partial charge in [0.25, 0.3) is 0 Å². The summed E-state index contributed by atoms with van der Waals surface area (Å²) in [5.41, 5.74) is 0. The molecule has 0 bridgehead atoms. The Balaban J connectivity index is 3.95. The summed E-state index contributed by atoms with van der Waals surface area (Å²) >= 11 is 4.88. The molecule has 0 aliphatic rings. The van der Waals surface area contributed by atoms with Gasteiger partial charge in [0, 0.05) is 11.3 Å². The van der Waals surface area contributed by atoms with Gasteiger partial charge in [0.2, 0.25) is 0 Å². The lowest BCUT2D eigenvalue weighted by molar-refractivity contribution is -0.135. The third-order valence-corrected chi connectivity index (χ3v) is 3.61. The Bertz CT molecular complexity index is 492. The fourth-order valence-corrected chi connectivity index (χ4v) is 2.29. The predicted octanol–water partition coefficient (Wildman–Crippen LogP) is 4.14. The fraction of sp³-hybridized carbons (Fsp3) is 0.500. The molecule has 25 heavy (non-hydrogen) atoms. The highest BCUT2D eigenvalue weighted by molar-refractivity contribution is 7.80. The van der Waals surface area contributed by atoms with Crippen molar-refractivity contribution < 1.29 is 20.1 Å². The largest absolute Gasteiger partial charge is 0.481 e. The first-order valence-electron chi connectivity index (χ1n) is 8.72. The van der Waals surface area contributed by atoms with Crippen LogP contribution in [0.1, 0.15) is 51.9 Å². The highest BCUT2D eigenvalue weighted by Crippen LogP contribution is 2.03. The number of carbonyl (C=O) groups is 1. The minimum atomic E-state index is -0.986. The van der Waals surface area contributed by atoms with Gasteiger partial charge >= 0.3 is 5.97 Å². The topological polar surface area (TPSA) is 77.8 Å². The molecule has 0 aliphatic carbocycles. The zero-order valence-corrected chi connectivity index (χ0v) is 15.7. The summed E-state index contributed by atoms with van der Waals surface area (Å²) in [5.74, 6) is -0.986. The van der Waals surface area contributed by atoms with Gasteiger partial charge in [-0.2, -0.15) is 0 Å². The minimum absolute atomic E-state index is 0.158. The average Bonchev–Trinajstić information content (AvgIpc) is 2.53. The molecule has 0 rings (SSSR count). The van der Waals surface area contributed by atoms with Crippen molar-refractivity contribution in [2.75, 3.05) is 0 Å². The van der Waals surface area contributed by atoms with Gasteiger partial charge in [0.15, 0.2) is 0 Å². The number of aliphatic carboxylic acids is 1. The van der Waals surface area contributed by atoms with Crippen LogP contribution >= 0.6 is 12.2 Å². The van der Waals surface area contributed by atoms with Gasteiger partial charge in [0.05, 0.1) is 18.6 Å². The lowest BCUT2D eigenvalue weighted by atomic mass is 10.1. The van der Waals surface area contributed by atoms with E-state index in [1.54, 1.807) is 36.5 Å². The molecule has 0 saturated carbocycles. The Morgan fingerprint density at radius 2 is 1.64 bits per heavy atom. The molecular formula is C20H30O4S. The highest BCUT2D eigenvalue weighted by Gasteiger charge is 2.07. The molecule has 0 aromatic carbocycles. The first-order chi connectivity index (χ1) is 12.0. The third-order valence-electron chi connectivity index (χ3n) is 3.30. The van der Waals surface area contributed by atoms with E-state index < -0.39 is 18.2 Å². The van der Waals surface area contributed by atoms with Crippen molar-refractivity contribution in [1.29, 1.82) is 0 Å². The molecule has 0 saturated heterocycles. The third kappa shape index (κ3) is 17.1. The molecule has 0 fully saturated rings. The second kappa shape index (κ2) is 15.9. The van der Waals surface area contributed by atoms with Crippen molar-refractivity contribution in [2.24, 2.45) is 0 Å². The number of aliphatic hydroxyl groups is 2. The van der Waals surface area contributed by atoms with Crippen LogP contribution in [0.25, 0.3) is 0 Å². The normalized spacial score (nSPS) is 14.8. The van der Waals surface area contributed by atoms with Crippen molar-refractivity contribution in [3.05, 3.63) is 48.6 Å². The number of hydrogen-bond acceptors (Lipinski definition) is 4. The first-order valence-corrected chi connectivity index (χ1v) is 9.12. The van der Waals surface area contributed by atoms with Gasteiger partial charge in [-0.15, -0.1) is 0 Å². The summed E-state index contributed by atoms with van der Waals surface area (Å²) in [6.45, 7) is 2.18. The zero-order valence-electron chi connectivity index (χ0n) is 14.9. The van der Waals surface area contributed by atoms with E-state index in [4.69, 9.17) is 17.3 Å². The van der Waals surface area contributed by atoms with E-state index in [-0.39, 0.29) is 12.8 Å². The van der Waals surface area contributed by atoms with E-state index in [0.717, 1.165) is 6.42 Å². The first kappa shape index (κ1) is 23.4. The molecule has 0 spiro atoms. The quantitative estimate of drug-likeness (QED) is 0.186. The molecule has 0 amide bonds. The number of thiocarbonyl (C=S) groups is 1. The van der Waals surface area contributed by atoms with Crippen LogP contribution in [0.5, 0.6) is 0 Å². The van der Waals surface area contributed by atoms with E-state index in [9.17, 15) is 15.0 Å². The maximum atomic E-state index is 10.5. The summed E-state index contributed by atoms with van der Waals surface area (Å²) in [6.07, 6.45) is 18.3. The van der Waals surface area contributed by atoms with Crippen LogP contribution in [-0.2, 0) is 4.79 Å². The summed E-state index contributed by atoms with van der Waals surface area (Å²) < 4.78 is 0. The molecule has 0 radical (unpaired) electrons. The van der Waals surface area contributed by atoms with Crippen LogP contribution in [0.4, 0.5) is 0 Å². The summed E-state index contributed by atoms with van der Waals surface area (Å²) in [7, 11) is 0. The second-order valence-corrected chi connectivity index (χ2v) is 6.38. The number of hydrogen-bond donors (Lipinski definition) is 3. The standard InChI is InChI=1S/C20H30O4S/c1-2-3-4-5-6-9-12-17(21)13-10-7-8-11-14-18(22)15-19(25)16-20(23)24/h6-11,13-14,17-18,21-22H,2-5,12,15-16H2,1H3,(H,23,24)/b8-7+,9-6-,13-10+,14-11-/t17-,18-/m1/s1. The van der Waals surface area contributed by atoms with E-state index in [0.29, 0.717) is 11.3 Å². The molecule has 140 valence electrons. The van der Waals surface area contributed by atoms with E-state index in [1.807, 2.05) is 6.08 Å². The zero-order chi connectivity index (χ0) is 18.9. The van der Waals surface area contributed by atoms with Gasteiger partial charge in [-0.1, -0.05) is 80.6 Å². The SMILES string of the molecule is CCCCC/C=C\C[C@@H](O)/C=C/C=C/C=C\[C@@H](O)CC(=S)CC(=O)O. The van der Waals surface area contributed by atoms with Gasteiger partial charge in [-0.3, -0.25) is 4.79 Å². The van der Waals surface area contributed by atoms with Crippen molar-refractivity contribution in [3.63, 3.8) is 0 Å². The number of aliphatic hydroxyl groups excluding tert-OH is 2. The van der Waals surface area contributed by atoms with Crippen molar-refractivity contribution in [1.82, 2.24) is 0 Å². The average molecular weight is 367 g/mol. The van der Waals surface area contributed by atoms with Crippen LogP contribution in [0.15, 0.2) is 48.6 Å². The van der Waals surface area contributed by atoms with Crippen molar-refractivity contribution in [3.8, 4) is 0 Å². The van der Waals surface area contributed by atoms with Gasteiger partial charge < -0.3 is 15.3 Å². The molecule has 0 aliphatic heterocycles. The molecule has 2 atom stereocenters. The molecule has 3 N–H and O–H groups in total. The summed E-state index contributed by atoms with van der Waals surface area (Å²) in [4.78, 5) is 10.8. The lowest BCUT2D eigenvalue weighted by Crippen LogP contribution is -2.12. The highest BCUT2D eigenvalue weighted by atomic mass is 32.1. The lowest BCUT2D eigenvalue weighted by Gasteiger charge is -2.04. The van der Waals surface area contributed by atoms with Crippen LogP contribution < -0.4 is 0 Å².